The minimum absolute atomic E-state index is 0. The first-order valence-electron chi connectivity index (χ1n) is 13.1. The summed E-state index contributed by atoms with van der Waals surface area (Å²) in [6.07, 6.45) is 8.88. The van der Waals surface area contributed by atoms with Crippen LogP contribution in [0.25, 0.3) is 5.65 Å². The van der Waals surface area contributed by atoms with E-state index in [1.807, 2.05) is 18.3 Å². The predicted octanol–water partition coefficient (Wildman–Crippen LogP) is 3.19. The van der Waals surface area contributed by atoms with Crippen LogP contribution in [0.5, 0.6) is 0 Å². The molecule has 2 aromatic heterocycles. The van der Waals surface area contributed by atoms with Gasteiger partial charge in [-0.1, -0.05) is 12.6 Å². The molecule has 2 saturated carbocycles. The molecule has 0 aromatic carbocycles. The number of nitrogens with zero attached hydrogens (tertiary/aromatic N) is 4. The quantitative estimate of drug-likeness (QED) is 0.641. The fourth-order valence-electron chi connectivity index (χ4n) is 7.46. The molecule has 5 fully saturated rings. The molecule has 2 aromatic rings. The zero-order valence-electron chi connectivity index (χ0n) is 20.7. The van der Waals surface area contributed by atoms with Gasteiger partial charge in [0.15, 0.2) is 0 Å². The number of nitrogens with one attached hydrogen (secondary N) is 1. The van der Waals surface area contributed by atoms with Crippen LogP contribution in [0.1, 0.15) is 45.3 Å². The summed E-state index contributed by atoms with van der Waals surface area (Å²) in [6, 6.07) is 3.94. The Kier molecular flexibility index (Phi) is 4.80. The molecule has 1 amide bonds. The van der Waals surface area contributed by atoms with Crippen LogP contribution in [-0.2, 0) is 21.9 Å². The van der Waals surface area contributed by atoms with Gasteiger partial charge in [0.25, 0.3) is 5.92 Å². The molecule has 194 valence electrons. The van der Waals surface area contributed by atoms with Crippen LogP contribution in [0.4, 0.5) is 8.78 Å². The van der Waals surface area contributed by atoms with Gasteiger partial charge < -0.3 is 14.5 Å². The molecule has 3 saturated heterocycles. The molecule has 9 heteroatoms. The lowest BCUT2D eigenvalue weighted by Crippen LogP contribution is -2.71. The normalized spacial score (nSPS) is 32.8. The Hall–Kier alpha value is -2.36. The number of likely N-dealkylation sites (tertiary alicyclic amines) is 2. The maximum Gasteiger partial charge on any atom is 0.288 e. The van der Waals surface area contributed by atoms with Crippen LogP contribution >= 0.6 is 0 Å². The number of alkyl halides is 2. The van der Waals surface area contributed by atoms with Crippen LogP contribution in [0.15, 0.2) is 36.7 Å². The van der Waals surface area contributed by atoms with Gasteiger partial charge in [-0.2, -0.15) is 8.78 Å². The van der Waals surface area contributed by atoms with Crippen molar-refractivity contribution in [2.75, 3.05) is 32.8 Å². The molecule has 5 aliphatic rings. The largest absolute Gasteiger partial charge is 0.366 e. The standard InChI is InChI=1S/C27H33F2N5O2.H2/c1-17-8-27(17,33-6-5-21-20(12-33)30-24(35)14-36-21)34-15-26(16-34)9-19(10-26)7-18-3-4-23-31-22(25(2,28)29)13-32(23)11-18;/h3-4,11,13,19-21H,1,5-10,12,14-16H2,2H3,(H,30,35);1H/t20-,21+,27?;/m1./s1. The zero-order chi connectivity index (χ0) is 24.9. The Morgan fingerprint density at radius 3 is 2.78 bits per heavy atom. The van der Waals surface area contributed by atoms with E-state index >= 15 is 0 Å². The summed E-state index contributed by atoms with van der Waals surface area (Å²) in [5, 5.41) is 3.13. The molecule has 1 N–H and O–H groups in total. The van der Waals surface area contributed by atoms with Gasteiger partial charge in [0.1, 0.15) is 17.9 Å². The number of imidazole rings is 1. The third-order valence-corrected chi connectivity index (χ3v) is 9.25. The lowest BCUT2D eigenvalue weighted by atomic mass is 9.56. The number of hydrogen-bond donors (Lipinski definition) is 1. The van der Waals surface area contributed by atoms with E-state index in [2.05, 4.69) is 26.7 Å². The van der Waals surface area contributed by atoms with E-state index in [0.717, 1.165) is 52.4 Å². The van der Waals surface area contributed by atoms with Crippen molar-refractivity contribution in [2.24, 2.45) is 11.3 Å². The van der Waals surface area contributed by atoms with Gasteiger partial charge in [-0.3, -0.25) is 14.6 Å². The van der Waals surface area contributed by atoms with Crippen LogP contribution in [0, 0.1) is 11.3 Å². The highest BCUT2D eigenvalue weighted by Crippen LogP contribution is 2.60. The van der Waals surface area contributed by atoms with E-state index < -0.39 is 5.92 Å². The fourth-order valence-corrected chi connectivity index (χ4v) is 7.46. The number of aromatic nitrogens is 2. The minimum atomic E-state index is -2.93. The molecule has 1 spiro atoms. The monoisotopic (exact) mass is 499 g/mol. The Labute approximate surface area is 211 Å². The number of pyridine rings is 1. The predicted molar refractivity (Wildman–Crippen MR) is 132 cm³/mol. The smallest absolute Gasteiger partial charge is 0.288 e. The van der Waals surface area contributed by atoms with Gasteiger partial charge in [0.2, 0.25) is 5.91 Å². The highest BCUT2D eigenvalue weighted by atomic mass is 19.3. The molecule has 2 aliphatic carbocycles. The highest BCUT2D eigenvalue weighted by Gasteiger charge is 2.65. The number of carbonyl (C=O) groups is 1. The molecule has 3 aliphatic heterocycles. The number of amides is 1. The molecule has 7 rings (SSSR count). The van der Waals surface area contributed by atoms with Crippen molar-refractivity contribution in [3.8, 4) is 0 Å². The maximum absolute atomic E-state index is 13.6. The summed E-state index contributed by atoms with van der Waals surface area (Å²) in [5.41, 5.74) is 3.21. The number of piperidine rings is 1. The second-order valence-corrected chi connectivity index (χ2v) is 12.0. The molecule has 36 heavy (non-hydrogen) atoms. The van der Waals surface area contributed by atoms with E-state index in [1.165, 1.54) is 30.2 Å². The Balaban J connectivity index is 0.00000252. The molecule has 0 bridgehead atoms. The first kappa shape index (κ1) is 22.8. The third-order valence-electron chi connectivity index (χ3n) is 9.25. The zero-order valence-corrected chi connectivity index (χ0v) is 20.7. The highest BCUT2D eigenvalue weighted by molar-refractivity contribution is 5.78. The SMILES string of the molecule is C=C1CC1(N1CC[C@@H]2OCC(=O)N[C@@H]2C1)N1CC2(CC(Cc3ccc4nc(C(C)(F)F)cn4c3)C2)C1.[HH]. The number of halogens is 2. The average molecular weight is 500 g/mol. The first-order valence-corrected chi connectivity index (χ1v) is 13.1. The van der Waals surface area contributed by atoms with Crippen LogP contribution in [-0.4, -0.2) is 75.7 Å². The minimum Gasteiger partial charge on any atom is -0.366 e. The van der Waals surface area contributed by atoms with Gasteiger partial charge >= 0.3 is 0 Å². The molecule has 3 atom stereocenters. The van der Waals surface area contributed by atoms with Crippen LogP contribution in [0.2, 0.25) is 0 Å². The van der Waals surface area contributed by atoms with Crippen molar-refractivity contribution in [1.29, 1.82) is 0 Å². The number of carbonyl (C=O) groups excluding carboxylic acids is 1. The van der Waals surface area contributed by atoms with E-state index in [0.29, 0.717) is 17.0 Å². The van der Waals surface area contributed by atoms with Crippen LogP contribution in [0.3, 0.4) is 0 Å². The summed E-state index contributed by atoms with van der Waals surface area (Å²) >= 11 is 0. The van der Waals surface area contributed by atoms with Crippen molar-refractivity contribution in [3.05, 3.63) is 47.9 Å². The fraction of sp³-hybridized carbons (Fsp3) is 0.630. The molecule has 1 unspecified atom stereocenters. The molecule has 5 heterocycles. The summed E-state index contributed by atoms with van der Waals surface area (Å²) in [4.78, 5) is 21.0. The average Bonchev–Trinajstić information content (AvgIpc) is 3.25. The Morgan fingerprint density at radius 1 is 1.28 bits per heavy atom. The second kappa shape index (κ2) is 7.58. The van der Waals surface area contributed by atoms with E-state index in [4.69, 9.17) is 4.74 Å². The lowest BCUT2D eigenvalue weighted by molar-refractivity contribution is -0.164. The first-order chi connectivity index (χ1) is 17.1. The number of fused-ring (bicyclic) bond motifs is 2. The molecule has 0 radical (unpaired) electrons. The van der Waals surface area contributed by atoms with Crippen molar-refractivity contribution in [3.63, 3.8) is 0 Å². The number of hydrogen-bond acceptors (Lipinski definition) is 5. The summed E-state index contributed by atoms with van der Waals surface area (Å²) in [6.45, 7) is 9.44. The number of ether oxygens (including phenoxy) is 1. The van der Waals surface area contributed by atoms with Gasteiger partial charge in [-0.15, -0.1) is 0 Å². The Morgan fingerprint density at radius 2 is 2.06 bits per heavy atom. The van der Waals surface area contributed by atoms with Crippen molar-refractivity contribution >= 4 is 11.6 Å². The second-order valence-electron chi connectivity index (χ2n) is 12.0. The number of rotatable bonds is 5. The van der Waals surface area contributed by atoms with Crippen molar-refractivity contribution in [1.82, 2.24) is 24.5 Å². The number of morpholine rings is 1. The van der Waals surface area contributed by atoms with E-state index in [1.54, 1.807) is 4.40 Å². The maximum atomic E-state index is 13.6. The van der Waals surface area contributed by atoms with Gasteiger partial charge in [0, 0.05) is 53.3 Å². The van der Waals surface area contributed by atoms with Crippen molar-refractivity contribution in [2.45, 2.75) is 62.8 Å². The summed E-state index contributed by atoms with van der Waals surface area (Å²) in [7, 11) is 0. The third kappa shape index (κ3) is 3.54. The topological polar surface area (TPSA) is 62.1 Å². The summed E-state index contributed by atoms with van der Waals surface area (Å²) < 4.78 is 34.8. The summed E-state index contributed by atoms with van der Waals surface area (Å²) in [5.74, 6) is -2.31. The molecular weight excluding hydrogens is 464 g/mol. The van der Waals surface area contributed by atoms with Crippen LogP contribution < -0.4 is 5.32 Å². The van der Waals surface area contributed by atoms with Gasteiger partial charge in [-0.05, 0) is 54.2 Å². The lowest BCUT2D eigenvalue weighted by Gasteiger charge is -2.63. The van der Waals surface area contributed by atoms with E-state index in [9.17, 15) is 13.6 Å². The van der Waals surface area contributed by atoms with E-state index in [-0.39, 0.29) is 37.4 Å². The molecule has 7 nitrogen and oxygen atoms in total. The molecular formula is C27H35F2N5O2. The van der Waals surface area contributed by atoms with Gasteiger partial charge in [0.05, 0.1) is 17.8 Å². The van der Waals surface area contributed by atoms with Crippen molar-refractivity contribution < 1.29 is 19.7 Å². The van der Waals surface area contributed by atoms with Gasteiger partial charge in [-0.25, -0.2) is 4.98 Å². The Bertz CT molecular complexity index is 1250.